The largest absolute Gasteiger partial charge is 1.00 e. The van der Waals surface area contributed by atoms with E-state index in [0.29, 0.717) is 0 Å². The van der Waals surface area contributed by atoms with Crippen LogP contribution in [0.15, 0.2) is 0 Å². The normalized spacial score (nSPS) is 10.1. The van der Waals surface area contributed by atoms with Gasteiger partial charge in [0.2, 0.25) is 5.78 Å². The molecule has 0 aromatic rings. The minimum atomic E-state index is -5.07. The van der Waals surface area contributed by atoms with E-state index in [4.69, 9.17) is 0 Å². The second kappa shape index (κ2) is 4.74. The number of halogens is 3. The average Bonchev–Trinajstić information content (AvgIpc) is 1.60. The van der Waals surface area contributed by atoms with E-state index in [0.717, 1.165) is 0 Å². The van der Waals surface area contributed by atoms with Gasteiger partial charge in [0.05, 0.1) is 6.42 Å². The van der Waals surface area contributed by atoms with E-state index in [1.165, 1.54) is 0 Å². The molecule has 0 rings (SSSR count). The Kier molecular flexibility index (Phi) is 5.82. The standard InChI is InChI=1S/C4H3F3O3.Na/c5-4(6,7)2(8)1-3(9)10;/h1H2,(H,9,10);/q;+1/p-1. The van der Waals surface area contributed by atoms with Gasteiger partial charge in [0.15, 0.2) is 0 Å². The average molecular weight is 178 g/mol. The molecule has 0 amide bonds. The number of aliphatic carboxylic acids is 1. The van der Waals surface area contributed by atoms with Gasteiger partial charge in [-0.2, -0.15) is 13.2 Å². The molecule has 0 saturated heterocycles. The van der Waals surface area contributed by atoms with Crippen LogP contribution in [-0.2, 0) is 9.59 Å². The summed E-state index contributed by atoms with van der Waals surface area (Å²) in [6, 6.07) is 0. The molecule has 0 aliphatic heterocycles. The molecule has 0 N–H and O–H groups in total. The van der Waals surface area contributed by atoms with Gasteiger partial charge in [-0.25, -0.2) is 0 Å². The topological polar surface area (TPSA) is 57.2 Å². The van der Waals surface area contributed by atoms with E-state index in [1.807, 2.05) is 0 Å². The quantitative estimate of drug-likeness (QED) is 0.322. The van der Waals surface area contributed by atoms with Crippen LogP contribution >= 0.6 is 0 Å². The summed E-state index contributed by atoms with van der Waals surface area (Å²) in [5, 5.41) is 9.42. The maximum Gasteiger partial charge on any atom is 1.00 e. The van der Waals surface area contributed by atoms with Crippen LogP contribution in [-0.4, -0.2) is 17.9 Å². The predicted octanol–water partition coefficient (Wildman–Crippen LogP) is -3.74. The zero-order valence-corrected chi connectivity index (χ0v) is 7.57. The molecule has 0 aromatic heterocycles. The summed E-state index contributed by atoms with van der Waals surface area (Å²) in [7, 11) is 0. The number of carbonyl (C=O) groups is 2. The van der Waals surface area contributed by atoms with Gasteiger partial charge in [-0.3, -0.25) is 4.79 Å². The molecule has 0 fully saturated rings. The number of rotatable bonds is 2. The first-order chi connectivity index (χ1) is 4.34. The van der Waals surface area contributed by atoms with E-state index >= 15 is 0 Å². The molecule has 0 aliphatic rings. The molecule has 0 bridgehead atoms. The monoisotopic (exact) mass is 178 g/mol. The van der Waals surface area contributed by atoms with Crippen LogP contribution in [0.1, 0.15) is 6.42 Å². The Balaban J connectivity index is 0. The van der Waals surface area contributed by atoms with E-state index < -0.39 is 24.3 Å². The van der Waals surface area contributed by atoms with Crippen molar-refractivity contribution in [2.24, 2.45) is 0 Å². The van der Waals surface area contributed by atoms with Crippen LogP contribution in [0, 0.1) is 0 Å². The van der Waals surface area contributed by atoms with Crippen LogP contribution in [0.5, 0.6) is 0 Å². The molecule has 0 atom stereocenters. The SMILES string of the molecule is O=C([O-])CC(=O)C(F)(F)F.[Na+]. The minimum Gasteiger partial charge on any atom is -0.550 e. The van der Waals surface area contributed by atoms with Gasteiger partial charge in [-0.15, -0.1) is 0 Å². The number of hydrogen-bond donors (Lipinski definition) is 0. The van der Waals surface area contributed by atoms with Crippen LogP contribution in [0.2, 0.25) is 0 Å². The van der Waals surface area contributed by atoms with Crippen molar-refractivity contribution in [3.05, 3.63) is 0 Å². The maximum absolute atomic E-state index is 11.2. The molecule has 7 heteroatoms. The van der Waals surface area contributed by atoms with E-state index in [-0.39, 0.29) is 29.6 Å². The molecule has 0 unspecified atom stereocenters. The van der Waals surface area contributed by atoms with Crippen molar-refractivity contribution in [3.8, 4) is 0 Å². The first kappa shape index (κ1) is 13.5. The smallest absolute Gasteiger partial charge is 0.550 e. The third kappa shape index (κ3) is 6.33. The van der Waals surface area contributed by atoms with Crippen LogP contribution < -0.4 is 34.7 Å². The summed E-state index contributed by atoms with van der Waals surface area (Å²) in [5.41, 5.74) is 0. The Hall–Kier alpha value is -0.0700. The third-order valence-electron chi connectivity index (χ3n) is 0.621. The fourth-order valence-electron chi connectivity index (χ4n) is 0.231. The Morgan fingerprint density at radius 2 is 1.64 bits per heavy atom. The molecule has 11 heavy (non-hydrogen) atoms. The van der Waals surface area contributed by atoms with Gasteiger partial charge in [-0.05, 0) is 0 Å². The Labute approximate surface area is 81.9 Å². The van der Waals surface area contributed by atoms with Crippen molar-refractivity contribution in [1.82, 2.24) is 0 Å². The molecule has 0 aliphatic carbocycles. The van der Waals surface area contributed by atoms with Crippen molar-refractivity contribution in [2.75, 3.05) is 0 Å². The van der Waals surface area contributed by atoms with E-state index in [9.17, 15) is 27.9 Å². The zero-order chi connectivity index (χ0) is 8.36. The second-order valence-electron chi connectivity index (χ2n) is 1.47. The number of alkyl halides is 3. The number of hydrogen-bond acceptors (Lipinski definition) is 3. The molecule has 0 heterocycles. The van der Waals surface area contributed by atoms with Crippen molar-refractivity contribution in [2.45, 2.75) is 12.6 Å². The van der Waals surface area contributed by atoms with E-state index in [1.54, 1.807) is 0 Å². The number of ketones is 1. The molecule has 58 valence electrons. The fourth-order valence-corrected chi connectivity index (χ4v) is 0.231. The number of Topliss-reactive ketones (excluding diaryl/α,β-unsaturated/α-hetero) is 1. The van der Waals surface area contributed by atoms with Gasteiger partial charge >= 0.3 is 35.7 Å². The zero-order valence-electron chi connectivity index (χ0n) is 5.57. The van der Waals surface area contributed by atoms with Gasteiger partial charge in [0.1, 0.15) is 0 Å². The molecular formula is C4H2F3NaO3. The second-order valence-corrected chi connectivity index (χ2v) is 1.47. The van der Waals surface area contributed by atoms with Gasteiger partial charge in [-0.1, -0.05) is 0 Å². The van der Waals surface area contributed by atoms with E-state index in [2.05, 4.69) is 0 Å². The van der Waals surface area contributed by atoms with Crippen LogP contribution in [0.3, 0.4) is 0 Å². The molecular weight excluding hydrogens is 176 g/mol. The summed E-state index contributed by atoms with van der Waals surface area (Å²) in [5.74, 6) is -4.32. The molecule has 3 nitrogen and oxygen atoms in total. The van der Waals surface area contributed by atoms with Gasteiger partial charge < -0.3 is 9.90 Å². The Morgan fingerprint density at radius 1 is 1.27 bits per heavy atom. The van der Waals surface area contributed by atoms with Gasteiger partial charge in [0.25, 0.3) is 0 Å². The summed E-state index contributed by atoms with van der Waals surface area (Å²) in [6.45, 7) is 0. The summed E-state index contributed by atoms with van der Waals surface area (Å²) in [4.78, 5) is 19.2. The number of carboxylic acid groups (broad SMARTS) is 1. The Morgan fingerprint density at radius 3 is 1.73 bits per heavy atom. The first-order valence-electron chi connectivity index (χ1n) is 2.14. The van der Waals surface area contributed by atoms with Crippen LogP contribution in [0.4, 0.5) is 13.2 Å². The molecule has 0 saturated carbocycles. The molecule has 0 aromatic carbocycles. The van der Waals surface area contributed by atoms with Crippen molar-refractivity contribution < 1.29 is 57.4 Å². The third-order valence-corrected chi connectivity index (χ3v) is 0.621. The van der Waals surface area contributed by atoms with Gasteiger partial charge in [0, 0.05) is 5.97 Å². The minimum absolute atomic E-state index is 0. The summed E-state index contributed by atoms with van der Waals surface area (Å²) < 4.78 is 33.5. The van der Waals surface area contributed by atoms with Crippen molar-refractivity contribution in [3.63, 3.8) is 0 Å². The number of carboxylic acids is 1. The van der Waals surface area contributed by atoms with Crippen molar-refractivity contribution >= 4 is 11.8 Å². The summed E-state index contributed by atoms with van der Waals surface area (Å²) >= 11 is 0. The maximum atomic E-state index is 11.2. The summed E-state index contributed by atoms with van der Waals surface area (Å²) in [6.07, 6.45) is -6.68. The van der Waals surface area contributed by atoms with Crippen LogP contribution in [0.25, 0.3) is 0 Å². The molecule has 0 radical (unpaired) electrons. The first-order valence-corrected chi connectivity index (χ1v) is 2.14. The molecule has 0 spiro atoms. The van der Waals surface area contributed by atoms with Crippen molar-refractivity contribution in [1.29, 1.82) is 0 Å². The predicted molar refractivity (Wildman–Crippen MR) is 20.7 cm³/mol. The fraction of sp³-hybridized carbons (Fsp3) is 0.500. The Bertz CT molecular complexity index is 164. The number of carbonyl (C=O) groups excluding carboxylic acids is 2.